The number of carboxylic acids is 1. The predicted octanol–water partition coefficient (Wildman–Crippen LogP) is 0.824. The lowest BCUT2D eigenvalue weighted by Gasteiger charge is -2.09. The topological polar surface area (TPSA) is 80.1 Å². The van der Waals surface area contributed by atoms with Crippen molar-refractivity contribution in [3.63, 3.8) is 0 Å². The van der Waals surface area contributed by atoms with Gasteiger partial charge in [0.1, 0.15) is 0 Å². The third-order valence-electron chi connectivity index (χ3n) is 2.81. The molecule has 0 atom stereocenters. The van der Waals surface area contributed by atoms with Crippen molar-refractivity contribution in [3.05, 3.63) is 30.3 Å². The van der Waals surface area contributed by atoms with Gasteiger partial charge < -0.3 is 14.6 Å². The Morgan fingerprint density at radius 2 is 2.10 bits per heavy atom. The Balaban J connectivity index is 2.20. The predicted molar refractivity (Wildman–Crippen MR) is 77.7 cm³/mol. The van der Waals surface area contributed by atoms with Crippen LogP contribution in [0.25, 0.3) is 11.4 Å². The maximum atomic E-state index is 10.5. The van der Waals surface area contributed by atoms with Crippen LogP contribution in [0.15, 0.2) is 35.5 Å². The van der Waals surface area contributed by atoms with E-state index in [9.17, 15) is 9.90 Å². The van der Waals surface area contributed by atoms with Gasteiger partial charge in [-0.2, -0.15) is 0 Å². The second-order valence-corrected chi connectivity index (χ2v) is 5.35. The summed E-state index contributed by atoms with van der Waals surface area (Å²) < 4.78 is 7.06. The quantitative estimate of drug-likeness (QED) is 0.672. The van der Waals surface area contributed by atoms with Gasteiger partial charge in [-0.25, -0.2) is 0 Å². The van der Waals surface area contributed by atoms with E-state index in [0.717, 1.165) is 11.4 Å². The van der Waals surface area contributed by atoms with E-state index >= 15 is 0 Å². The molecule has 0 aliphatic carbocycles. The van der Waals surface area contributed by atoms with E-state index in [1.54, 1.807) is 7.11 Å². The number of rotatable bonds is 8. The first-order valence-electron chi connectivity index (χ1n) is 6.52. The van der Waals surface area contributed by atoms with Crippen LogP contribution in [0.4, 0.5) is 0 Å². The summed E-state index contributed by atoms with van der Waals surface area (Å²) in [4.78, 5) is 10.5. The lowest BCUT2D eigenvalue weighted by Crippen LogP contribution is -2.22. The molecule has 112 valence electrons. The fourth-order valence-corrected chi connectivity index (χ4v) is 2.69. The van der Waals surface area contributed by atoms with Crippen molar-refractivity contribution < 1.29 is 14.6 Å². The average molecular weight is 306 g/mol. The highest BCUT2D eigenvalue weighted by atomic mass is 32.2. The number of carbonyl (C=O) groups excluding carboxylic acids is 1. The van der Waals surface area contributed by atoms with Crippen molar-refractivity contribution in [1.29, 1.82) is 0 Å². The first-order valence-corrected chi connectivity index (χ1v) is 7.51. The molecule has 1 aromatic carbocycles. The summed E-state index contributed by atoms with van der Waals surface area (Å²) in [5.74, 6) is 0.0970. The summed E-state index contributed by atoms with van der Waals surface area (Å²) in [6.45, 7) is 1.15. The summed E-state index contributed by atoms with van der Waals surface area (Å²) in [6.07, 6.45) is -0.0114. The molecular weight excluding hydrogens is 290 g/mol. The van der Waals surface area contributed by atoms with Gasteiger partial charge in [0.05, 0.1) is 13.2 Å². The Labute approximate surface area is 127 Å². The smallest absolute Gasteiger partial charge is 0.191 e. The highest BCUT2D eigenvalue weighted by Crippen LogP contribution is 2.24. The minimum atomic E-state index is -1.06. The first kappa shape index (κ1) is 15.5. The highest BCUT2D eigenvalue weighted by Gasteiger charge is 2.13. The van der Waals surface area contributed by atoms with Crippen molar-refractivity contribution in [1.82, 2.24) is 14.8 Å². The molecule has 0 radical (unpaired) electrons. The van der Waals surface area contributed by atoms with Crippen LogP contribution in [-0.2, 0) is 16.1 Å². The van der Waals surface area contributed by atoms with E-state index in [1.165, 1.54) is 11.8 Å². The molecule has 0 amide bonds. The molecule has 0 saturated carbocycles. The van der Waals surface area contributed by atoms with Crippen molar-refractivity contribution >= 4 is 17.7 Å². The van der Waals surface area contributed by atoms with Gasteiger partial charge in [-0.1, -0.05) is 42.1 Å². The Morgan fingerprint density at radius 3 is 2.76 bits per heavy atom. The van der Waals surface area contributed by atoms with Crippen LogP contribution < -0.4 is 5.11 Å². The largest absolute Gasteiger partial charge is 0.550 e. The molecule has 0 aliphatic heterocycles. The molecule has 21 heavy (non-hydrogen) atoms. The molecular formula is C14H16N3O3S-. The molecule has 0 fully saturated rings. The minimum Gasteiger partial charge on any atom is -0.550 e. The third kappa shape index (κ3) is 4.30. The lowest BCUT2D eigenvalue weighted by molar-refractivity contribution is -0.305. The maximum absolute atomic E-state index is 10.5. The Hall–Kier alpha value is -1.86. The molecule has 0 N–H and O–H groups in total. The fraction of sp³-hybridized carbons (Fsp3) is 0.357. The summed E-state index contributed by atoms with van der Waals surface area (Å²) in [6, 6.07) is 9.74. The standard InChI is InChI=1S/C14H17N3O3S/c1-20-9-8-17-13(11-5-3-2-4-6-11)15-16-14(17)21-10-7-12(18)19/h2-6H,7-10H2,1H3,(H,18,19)/p-1. The second kappa shape index (κ2) is 7.80. The first-order chi connectivity index (χ1) is 10.2. The van der Waals surface area contributed by atoms with E-state index in [0.29, 0.717) is 24.1 Å². The number of aliphatic carboxylic acids is 1. The molecule has 2 rings (SSSR count). The summed E-state index contributed by atoms with van der Waals surface area (Å²) in [5, 5.41) is 19.5. The molecule has 0 spiro atoms. The van der Waals surface area contributed by atoms with Gasteiger partial charge in [0.2, 0.25) is 0 Å². The highest BCUT2D eigenvalue weighted by molar-refractivity contribution is 7.99. The molecule has 0 saturated heterocycles. The Bertz CT molecular complexity index is 586. The Morgan fingerprint density at radius 1 is 1.33 bits per heavy atom. The number of nitrogens with zero attached hydrogens (tertiary/aromatic N) is 3. The molecule has 0 unspecified atom stereocenters. The number of thioether (sulfide) groups is 1. The van der Waals surface area contributed by atoms with Gasteiger partial charge in [0.15, 0.2) is 11.0 Å². The van der Waals surface area contributed by atoms with E-state index in [2.05, 4.69) is 10.2 Å². The number of carboxylic acid groups (broad SMARTS) is 1. The Kier molecular flexibility index (Phi) is 5.77. The van der Waals surface area contributed by atoms with E-state index in [-0.39, 0.29) is 6.42 Å². The van der Waals surface area contributed by atoms with E-state index in [1.807, 2.05) is 34.9 Å². The van der Waals surface area contributed by atoms with E-state index < -0.39 is 5.97 Å². The number of ether oxygens (including phenoxy) is 1. The zero-order valence-corrected chi connectivity index (χ0v) is 12.5. The number of benzene rings is 1. The SMILES string of the molecule is COCCn1c(SCCC(=O)[O-])nnc1-c1ccccc1. The minimum absolute atomic E-state index is 0.0114. The second-order valence-electron chi connectivity index (χ2n) is 4.29. The van der Waals surface area contributed by atoms with Crippen LogP contribution in [0.3, 0.4) is 0 Å². The lowest BCUT2D eigenvalue weighted by atomic mass is 10.2. The van der Waals surface area contributed by atoms with Crippen molar-refractivity contribution in [2.24, 2.45) is 0 Å². The maximum Gasteiger partial charge on any atom is 0.191 e. The third-order valence-corrected chi connectivity index (χ3v) is 3.77. The van der Waals surface area contributed by atoms with Gasteiger partial charge >= 0.3 is 0 Å². The van der Waals surface area contributed by atoms with Crippen molar-refractivity contribution in [2.75, 3.05) is 19.5 Å². The zero-order chi connectivity index (χ0) is 15.1. The van der Waals surface area contributed by atoms with Crippen LogP contribution in [0.2, 0.25) is 0 Å². The normalized spacial score (nSPS) is 10.7. The fourth-order valence-electron chi connectivity index (χ4n) is 1.81. The van der Waals surface area contributed by atoms with Gasteiger partial charge in [-0.05, 0) is 6.42 Å². The number of aromatic nitrogens is 3. The molecule has 1 heterocycles. The molecule has 1 aromatic heterocycles. The van der Waals surface area contributed by atoms with Gasteiger partial charge in [0.25, 0.3) is 0 Å². The van der Waals surface area contributed by atoms with Crippen LogP contribution in [0.1, 0.15) is 6.42 Å². The number of carbonyl (C=O) groups is 1. The van der Waals surface area contributed by atoms with Crippen LogP contribution in [0.5, 0.6) is 0 Å². The number of hydrogen-bond donors (Lipinski definition) is 0. The molecule has 0 aliphatic rings. The summed E-state index contributed by atoms with van der Waals surface area (Å²) in [7, 11) is 1.63. The van der Waals surface area contributed by atoms with Crippen LogP contribution in [-0.4, -0.2) is 40.2 Å². The number of methoxy groups -OCH3 is 1. The van der Waals surface area contributed by atoms with Crippen molar-refractivity contribution in [3.8, 4) is 11.4 Å². The number of hydrogen-bond acceptors (Lipinski definition) is 6. The van der Waals surface area contributed by atoms with Crippen molar-refractivity contribution in [2.45, 2.75) is 18.1 Å². The molecule has 2 aromatic rings. The molecule has 6 nitrogen and oxygen atoms in total. The summed E-state index contributed by atoms with van der Waals surface area (Å²) >= 11 is 1.35. The zero-order valence-electron chi connectivity index (χ0n) is 11.7. The monoisotopic (exact) mass is 306 g/mol. The average Bonchev–Trinajstić information content (AvgIpc) is 2.88. The van der Waals surface area contributed by atoms with Gasteiger partial charge in [0, 0.05) is 24.4 Å². The summed E-state index contributed by atoms with van der Waals surface area (Å²) in [5.41, 5.74) is 0.966. The van der Waals surface area contributed by atoms with Gasteiger partial charge in [-0.15, -0.1) is 10.2 Å². The van der Waals surface area contributed by atoms with Crippen LogP contribution in [0, 0.1) is 0 Å². The van der Waals surface area contributed by atoms with E-state index in [4.69, 9.17) is 4.74 Å². The van der Waals surface area contributed by atoms with Gasteiger partial charge in [-0.3, -0.25) is 4.57 Å². The van der Waals surface area contributed by atoms with Crippen LogP contribution >= 0.6 is 11.8 Å². The molecule has 7 heteroatoms. The molecule has 0 bridgehead atoms.